The van der Waals surface area contributed by atoms with Crippen LogP contribution in [0.3, 0.4) is 0 Å². The van der Waals surface area contributed by atoms with Crippen molar-refractivity contribution in [2.24, 2.45) is 7.05 Å². The number of carbonyl (C=O) groups excluding carboxylic acids is 2. The van der Waals surface area contributed by atoms with Crippen LogP contribution in [0.1, 0.15) is 35.3 Å². The van der Waals surface area contributed by atoms with E-state index in [0.29, 0.717) is 31.6 Å². The van der Waals surface area contributed by atoms with Gasteiger partial charge in [-0.3, -0.25) is 9.59 Å². The van der Waals surface area contributed by atoms with E-state index in [1.807, 2.05) is 36.2 Å². The van der Waals surface area contributed by atoms with Gasteiger partial charge >= 0.3 is 0 Å². The lowest BCUT2D eigenvalue weighted by atomic mass is 10.1. The molecular weight excluding hydrogens is 332 g/mol. The van der Waals surface area contributed by atoms with E-state index < -0.39 is 0 Å². The molecule has 2 amide bonds. The smallest absolute Gasteiger partial charge is 0.271 e. The Bertz CT molecular complexity index is 787. The van der Waals surface area contributed by atoms with Crippen molar-refractivity contribution in [1.82, 2.24) is 19.8 Å². The van der Waals surface area contributed by atoms with Crippen molar-refractivity contribution in [3.63, 3.8) is 0 Å². The number of carbonyl (C=O) groups is 2. The van der Waals surface area contributed by atoms with E-state index in [1.165, 1.54) is 0 Å². The van der Waals surface area contributed by atoms with Crippen molar-refractivity contribution in [2.45, 2.75) is 31.8 Å². The maximum atomic E-state index is 12.4. The van der Waals surface area contributed by atoms with E-state index in [1.54, 1.807) is 24.2 Å². The van der Waals surface area contributed by atoms with E-state index in [2.05, 4.69) is 10.3 Å². The molecule has 1 N–H and O–H groups in total. The summed E-state index contributed by atoms with van der Waals surface area (Å²) in [6, 6.07) is 7.71. The average Bonchev–Trinajstić information content (AvgIpc) is 3.01. The Morgan fingerprint density at radius 2 is 2.23 bits per heavy atom. The Labute approximate surface area is 153 Å². The first-order valence-corrected chi connectivity index (χ1v) is 8.74. The molecule has 2 heterocycles. The fraction of sp³-hybridized carbons (Fsp3) is 0.421. The maximum absolute atomic E-state index is 12.4. The third kappa shape index (κ3) is 4.41. The minimum Gasteiger partial charge on any atom is -0.497 e. The number of methoxy groups -OCH3 is 1. The van der Waals surface area contributed by atoms with Crippen LogP contribution in [0.2, 0.25) is 0 Å². The zero-order valence-corrected chi connectivity index (χ0v) is 15.1. The molecule has 7 nitrogen and oxygen atoms in total. The number of hydrogen-bond acceptors (Lipinski definition) is 4. The van der Waals surface area contributed by atoms with Crippen molar-refractivity contribution < 1.29 is 14.3 Å². The zero-order valence-electron chi connectivity index (χ0n) is 15.1. The lowest BCUT2D eigenvalue weighted by molar-refractivity contribution is -0.131. The summed E-state index contributed by atoms with van der Waals surface area (Å²) in [5, 5.41) is 3.00. The van der Waals surface area contributed by atoms with Gasteiger partial charge in [0.2, 0.25) is 5.91 Å². The highest BCUT2D eigenvalue weighted by atomic mass is 16.5. The summed E-state index contributed by atoms with van der Waals surface area (Å²) in [7, 11) is 3.45. The fourth-order valence-electron chi connectivity index (χ4n) is 3.13. The van der Waals surface area contributed by atoms with E-state index in [4.69, 9.17) is 4.74 Å². The number of aryl methyl sites for hydroxylation is 1. The number of ether oxygens (including phenoxy) is 1. The third-order valence-corrected chi connectivity index (χ3v) is 4.59. The van der Waals surface area contributed by atoms with Gasteiger partial charge in [0.25, 0.3) is 5.91 Å². The minimum atomic E-state index is -0.190. The summed E-state index contributed by atoms with van der Waals surface area (Å²) in [6.45, 7) is 1.17. The van der Waals surface area contributed by atoms with Crippen LogP contribution in [0, 0.1) is 0 Å². The van der Waals surface area contributed by atoms with Gasteiger partial charge in [0.15, 0.2) is 0 Å². The molecule has 0 bridgehead atoms. The highest BCUT2D eigenvalue weighted by Gasteiger charge is 2.24. The molecule has 1 unspecified atom stereocenters. The average molecular weight is 356 g/mol. The molecule has 138 valence electrons. The topological polar surface area (TPSA) is 76.5 Å². The van der Waals surface area contributed by atoms with Gasteiger partial charge in [-0.1, -0.05) is 12.1 Å². The van der Waals surface area contributed by atoms with Gasteiger partial charge < -0.3 is 19.5 Å². The minimum absolute atomic E-state index is 0.0243. The molecular formula is C19H24N4O3. The molecule has 2 aromatic rings. The van der Waals surface area contributed by atoms with Gasteiger partial charge in [0, 0.05) is 38.8 Å². The van der Waals surface area contributed by atoms with Gasteiger partial charge in [-0.15, -0.1) is 0 Å². The van der Waals surface area contributed by atoms with Gasteiger partial charge in [-0.25, -0.2) is 4.98 Å². The highest BCUT2D eigenvalue weighted by Crippen LogP contribution is 2.18. The molecule has 1 atom stereocenters. The van der Waals surface area contributed by atoms with Crippen molar-refractivity contribution in [1.29, 1.82) is 0 Å². The number of hydrogen-bond donors (Lipinski definition) is 1. The predicted octanol–water partition coefficient (Wildman–Crippen LogP) is 1.74. The number of likely N-dealkylation sites (tertiary alicyclic amines) is 1. The second kappa shape index (κ2) is 8.03. The quantitative estimate of drug-likeness (QED) is 0.885. The largest absolute Gasteiger partial charge is 0.497 e. The first kappa shape index (κ1) is 18.0. The first-order chi connectivity index (χ1) is 12.5. The molecule has 1 aromatic carbocycles. The number of imidazole rings is 1. The summed E-state index contributed by atoms with van der Waals surface area (Å²) in [5.74, 6) is 0.706. The molecule has 0 aliphatic carbocycles. The Hall–Kier alpha value is -2.83. The molecule has 1 aliphatic heterocycles. The Morgan fingerprint density at radius 3 is 2.96 bits per heavy atom. The monoisotopic (exact) mass is 356 g/mol. The molecule has 26 heavy (non-hydrogen) atoms. The molecule has 1 aromatic heterocycles. The number of rotatable bonds is 5. The van der Waals surface area contributed by atoms with Crippen molar-refractivity contribution in [3.05, 3.63) is 48.0 Å². The van der Waals surface area contributed by atoms with Crippen LogP contribution in [0.4, 0.5) is 0 Å². The maximum Gasteiger partial charge on any atom is 0.271 e. The number of nitrogens with zero attached hydrogens (tertiary/aromatic N) is 3. The molecule has 0 saturated carbocycles. The number of nitrogens with one attached hydrogen (secondary N) is 1. The molecule has 1 fully saturated rings. The van der Waals surface area contributed by atoms with Crippen LogP contribution >= 0.6 is 0 Å². The molecule has 0 radical (unpaired) electrons. The summed E-state index contributed by atoms with van der Waals surface area (Å²) in [5.41, 5.74) is 1.44. The van der Waals surface area contributed by atoms with E-state index in [9.17, 15) is 9.59 Å². The van der Waals surface area contributed by atoms with Crippen LogP contribution in [0.25, 0.3) is 0 Å². The van der Waals surface area contributed by atoms with E-state index in [-0.39, 0.29) is 17.9 Å². The second-order valence-corrected chi connectivity index (χ2v) is 6.59. The fourth-order valence-corrected chi connectivity index (χ4v) is 3.13. The number of aromatic nitrogens is 2. The van der Waals surface area contributed by atoms with Gasteiger partial charge in [-0.2, -0.15) is 0 Å². The Morgan fingerprint density at radius 1 is 1.38 bits per heavy atom. The molecule has 0 spiro atoms. The van der Waals surface area contributed by atoms with Gasteiger partial charge in [0.1, 0.15) is 11.4 Å². The standard InChI is InChI=1S/C19H24N4O3/c1-22-12-17(20-13-22)19(25)21-15-6-7-18(24)23(9-8-15)11-14-4-3-5-16(10-14)26-2/h3-5,10,12-13,15H,6-9,11H2,1-2H3,(H,21,25). The number of benzene rings is 1. The Balaban J connectivity index is 1.59. The van der Waals surface area contributed by atoms with E-state index in [0.717, 1.165) is 17.7 Å². The lowest BCUT2D eigenvalue weighted by Gasteiger charge is -2.21. The normalized spacial score (nSPS) is 17.7. The highest BCUT2D eigenvalue weighted by molar-refractivity contribution is 5.92. The SMILES string of the molecule is COc1cccc(CN2CCC(NC(=O)c3cn(C)cn3)CCC2=O)c1. The van der Waals surface area contributed by atoms with Crippen molar-refractivity contribution in [2.75, 3.05) is 13.7 Å². The van der Waals surface area contributed by atoms with Crippen molar-refractivity contribution >= 4 is 11.8 Å². The first-order valence-electron chi connectivity index (χ1n) is 8.74. The molecule has 1 saturated heterocycles. The van der Waals surface area contributed by atoms with E-state index >= 15 is 0 Å². The third-order valence-electron chi connectivity index (χ3n) is 4.59. The lowest BCUT2D eigenvalue weighted by Crippen LogP contribution is -2.36. The predicted molar refractivity (Wildman–Crippen MR) is 96.7 cm³/mol. The molecule has 7 heteroatoms. The van der Waals surface area contributed by atoms with Gasteiger partial charge in [-0.05, 0) is 30.5 Å². The summed E-state index contributed by atoms with van der Waals surface area (Å²) in [4.78, 5) is 30.6. The summed E-state index contributed by atoms with van der Waals surface area (Å²) in [6.07, 6.45) is 5.09. The van der Waals surface area contributed by atoms with Crippen molar-refractivity contribution in [3.8, 4) is 5.75 Å². The summed E-state index contributed by atoms with van der Waals surface area (Å²) < 4.78 is 6.98. The van der Waals surface area contributed by atoms with Gasteiger partial charge in [0.05, 0.1) is 13.4 Å². The second-order valence-electron chi connectivity index (χ2n) is 6.59. The van der Waals surface area contributed by atoms with Crippen LogP contribution in [0.15, 0.2) is 36.8 Å². The number of amides is 2. The molecule has 1 aliphatic rings. The molecule has 3 rings (SSSR count). The van der Waals surface area contributed by atoms with Crippen LogP contribution in [-0.4, -0.2) is 46.0 Å². The van der Waals surface area contributed by atoms with Crippen LogP contribution in [0.5, 0.6) is 5.75 Å². The van der Waals surface area contributed by atoms with Crippen LogP contribution < -0.4 is 10.1 Å². The van der Waals surface area contributed by atoms with Crippen LogP contribution in [-0.2, 0) is 18.4 Å². The Kier molecular flexibility index (Phi) is 5.55. The zero-order chi connectivity index (χ0) is 18.5. The summed E-state index contributed by atoms with van der Waals surface area (Å²) >= 11 is 0.